The Kier molecular flexibility index (Phi) is 3.06. The first-order valence-electron chi connectivity index (χ1n) is 6.51. The molecule has 0 saturated carbocycles. The normalized spacial score (nSPS) is 10.8. The summed E-state index contributed by atoms with van der Waals surface area (Å²) in [6.07, 6.45) is 3.45. The monoisotopic (exact) mass is 281 g/mol. The average Bonchev–Trinajstić information content (AvgIpc) is 2.72. The largest absolute Gasteiger partial charge is 0.395 e. The van der Waals surface area contributed by atoms with Crippen molar-refractivity contribution >= 4 is 28.1 Å². The molecule has 2 heterocycles. The van der Waals surface area contributed by atoms with E-state index in [1.807, 2.05) is 24.3 Å². The Morgan fingerprint density at radius 1 is 1.33 bits per heavy atom. The number of rotatable bonds is 2. The number of hydrogen-bond donors (Lipinski definition) is 2. The van der Waals surface area contributed by atoms with Gasteiger partial charge in [0.2, 0.25) is 0 Å². The number of nitrogens with zero attached hydrogens (tertiary/aromatic N) is 3. The van der Waals surface area contributed by atoms with Gasteiger partial charge in [0.25, 0.3) is 5.91 Å². The van der Waals surface area contributed by atoms with Crippen molar-refractivity contribution in [3.05, 3.63) is 48.0 Å². The average molecular weight is 281 g/mol. The van der Waals surface area contributed by atoms with Crippen molar-refractivity contribution in [1.29, 1.82) is 0 Å². The first-order valence-corrected chi connectivity index (χ1v) is 6.51. The predicted octanol–water partition coefficient (Wildman–Crippen LogP) is 2.11. The van der Waals surface area contributed by atoms with Gasteiger partial charge in [-0.05, 0) is 19.1 Å². The van der Waals surface area contributed by atoms with Crippen molar-refractivity contribution in [3.8, 4) is 0 Å². The maximum absolute atomic E-state index is 12.4. The molecule has 6 heteroatoms. The maximum atomic E-state index is 12.4. The highest BCUT2D eigenvalue weighted by molar-refractivity contribution is 6.10. The molecule has 0 aliphatic rings. The van der Waals surface area contributed by atoms with Crippen LogP contribution in [0.15, 0.2) is 36.7 Å². The minimum absolute atomic E-state index is 0.278. The van der Waals surface area contributed by atoms with E-state index in [2.05, 4.69) is 15.4 Å². The molecule has 3 aromatic rings. The summed E-state index contributed by atoms with van der Waals surface area (Å²) in [5, 5.41) is 8.94. The van der Waals surface area contributed by atoms with Gasteiger partial charge in [0.15, 0.2) is 0 Å². The summed E-state index contributed by atoms with van der Waals surface area (Å²) in [5.74, 6) is -0.278. The third-order valence-electron chi connectivity index (χ3n) is 3.41. The van der Waals surface area contributed by atoms with Gasteiger partial charge in [0.1, 0.15) is 5.69 Å². The van der Waals surface area contributed by atoms with Crippen LogP contribution in [-0.2, 0) is 7.05 Å². The first-order chi connectivity index (χ1) is 10.1. The number of aryl methyl sites for hydroxylation is 2. The van der Waals surface area contributed by atoms with Gasteiger partial charge in [-0.1, -0.05) is 12.1 Å². The molecule has 0 atom stereocenters. The van der Waals surface area contributed by atoms with Crippen LogP contribution in [-0.4, -0.2) is 20.7 Å². The van der Waals surface area contributed by atoms with Gasteiger partial charge < -0.3 is 11.1 Å². The van der Waals surface area contributed by atoms with Gasteiger partial charge in [-0.15, -0.1) is 0 Å². The second-order valence-corrected chi connectivity index (χ2v) is 4.83. The zero-order chi connectivity index (χ0) is 15.0. The van der Waals surface area contributed by atoms with E-state index in [9.17, 15) is 4.79 Å². The van der Waals surface area contributed by atoms with E-state index in [1.54, 1.807) is 26.4 Å². The Labute approximate surface area is 121 Å². The van der Waals surface area contributed by atoms with Crippen molar-refractivity contribution in [2.24, 2.45) is 7.05 Å². The number of hydrogen-bond acceptors (Lipinski definition) is 4. The van der Waals surface area contributed by atoms with Crippen LogP contribution in [0.25, 0.3) is 10.8 Å². The summed E-state index contributed by atoms with van der Waals surface area (Å²) in [5.41, 5.74) is 8.04. The highest BCUT2D eigenvalue weighted by Crippen LogP contribution is 2.24. The van der Waals surface area contributed by atoms with Gasteiger partial charge in [0.05, 0.1) is 11.4 Å². The van der Waals surface area contributed by atoms with E-state index in [4.69, 9.17) is 5.73 Å². The Bertz CT molecular complexity index is 832. The lowest BCUT2D eigenvalue weighted by atomic mass is 10.1. The summed E-state index contributed by atoms with van der Waals surface area (Å²) >= 11 is 0. The summed E-state index contributed by atoms with van der Waals surface area (Å²) in [4.78, 5) is 16.5. The van der Waals surface area contributed by atoms with Crippen molar-refractivity contribution < 1.29 is 4.79 Å². The first kappa shape index (κ1) is 13.1. The lowest BCUT2D eigenvalue weighted by Crippen LogP contribution is -2.17. The van der Waals surface area contributed by atoms with Crippen LogP contribution in [0.1, 0.15) is 16.2 Å². The Balaban J connectivity index is 2.01. The molecule has 0 fully saturated rings. The van der Waals surface area contributed by atoms with Crippen LogP contribution in [0.5, 0.6) is 0 Å². The fourth-order valence-electron chi connectivity index (χ4n) is 2.36. The molecule has 0 saturated heterocycles. The van der Waals surface area contributed by atoms with Gasteiger partial charge in [0, 0.05) is 35.9 Å². The Hall–Kier alpha value is -2.89. The summed E-state index contributed by atoms with van der Waals surface area (Å²) in [7, 11) is 1.70. The molecule has 0 bridgehead atoms. The van der Waals surface area contributed by atoms with Crippen LogP contribution in [0, 0.1) is 6.92 Å². The Morgan fingerprint density at radius 3 is 2.86 bits per heavy atom. The van der Waals surface area contributed by atoms with Gasteiger partial charge in [-0.2, -0.15) is 5.10 Å². The second kappa shape index (κ2) is 4.90. The highest BCUT2D eigenvalue weighted by Gasteiger charge is 2.18. The van der Waals surface area contributed by atoms with E-state index in [1.165, 1.54) is 4.68 Å². The lowest BCUT2D eigenvalue weighted by Gasteiger charge is -2.09. The fraction of sp³-hybridized carbons (Fsp3) is 0.133. The van der Waals surface area contributed by atoms with Crippen LogP contribution >= 0.6 is 0 Å². The number of anilines is 2. The topological polar surface area (TPSA) is 85.8 Å². The molecular weight excluding hydrogens is 266 g/mol. The SMILES string of the molecule is Cc1nn(C)c(C(=O)Nc2cccc3cnccc23)c1N. The maximum Gasteiger partial charge on any atom is 0.276 e. The van der Waals surface area contributed by atoms with Crippen molar-refractivity contribution in [1.82, 2.24) is 14.8 Å². The number of aromatic nitrogens is 3. The fourth-order valence-corrected chi connectivity index (χ4v) is 2.36. The summed E-state index contributed by atoms with van der Waals surface area (Å²) in [6, 6.07) is 7.53. The molecule has 1 amide bonds. The van der Waals surface area contributed by atoms with E-state index in [-0.39, 0.29) is 5.91 Å². The van der Waals surface area contributed by atoms with Crippen LogP contribution in [0.4, 0.5) is 11.4 Å². The molecule has 0 spiro atoms. The molecule has 6 nitrogen and oxygen atoms in total. The quantitative estimate of drug-likeness (QED) is 0.753. The number of nitrogens with two attached hydrogens (primary N) is 1. The zero-order valence-electron chi connectivity index (χ0n) is 11.8. The molecular formula is C15H15N5O. The smallest absolute Gasteiger partial charge is 0.276 e. The molecule has 2 aromatic heterocycles. The van der Waals surface area contributed by atoms with Crippen molar-refractivity contribution in [2.75, 3.05) is 11.1 Å². The van der Waals surface area contributed by atoms with Gasteiger partial charge in [-0.3, -0.25) is 14.5 Å². The second-order valence-electron chi connectivity index (χ2n) is 4.83. The number of pyridine rings is 1. The third kappa shape index (κ3) is 2.20. The Morgan fingerprint density at radius 2 is 2.14 bits per heavy atom. The molecule has 0 aliphatic heterocycles. The van der Waals surface area contributed by atoms with Crippen LogP contribution < -0.4 is 11.1 Å². The molecule has 3 rings (SSSR count). The minimum atomic E-state index is -0.278. The molecule has 3 N–H and O–H groups in total. The molecule has 0 unspecified atom stereocenters. The third-order valence-corrected chi connectivity index (χ3v) is 3.41. The number of benzene rings is 1. The number of amides is 1. The van der Waals surface area contributed by atoms with Crippen LogP contribution in [0.3, 0.4) is 0 Å². The van der Waals surface area contributed by atoms with Crippen LogP contribution in [0.2, 0.25) is 0 Å². The van der Waals surface area contributed by atoms with E-state index in [0.717, 1.165) is 16.5 Å². The van der Waals surface area contributed by atoms with Crippen molar-refractivity contribution in [2.45, 2.75) is 6.92 Å². The number of nitrogen functional groups attached to an aromatic ring is 1. The molecule has 21 heavy (non-hydrogen) atoms. The molecule has 0 aliphatic carbocycles. The standard InChI is InChI=1S/C15H15N5O/c1-9-13(16)14(20(2)19-9)15(21)18-12-5-3-4-10-8-17-7-6-11(10)12/h3-8H,16H2,1-2H3,(H,18,21). The van der Waals surface area contributed by atoms with E-state index < -0.39 is 0 Å². The minimum Gasteiger partial charge on any atom is -0.395 e. The van der Waals surface area contributed by atoms with E-state index in [0.29, 0.717) is 17.1 Å². The highest BCUT2D eigenvalue weighted by atomic mass is 16.2. The number of carbonyl (C=O) groups excluding carboxylic acids is 1. The van der Waals surface area contributed by atoms with Gasteiger partial charge in [-0.25, -0.2) is 0 Å². The van der Waals surface area contributed by atoms with E-state index >= 15 is 0 Å². The van der Waals surface area contributed by atoms with Gasteiger partial charge >= 0.3 is 0 Å². The number of fused-ring (bicyclic) bond motifs is 1. The molecule has 1 aromatic carbocycles. The number of nitrogens with one attached hydrogen (secondary N) is 1. The molecule has 106 valence electrons. The lowest BCUT2D eigenvalue weighted by molar-refractivity contribution is 0.101. The predicted molar refractivity (Wildman–Crippen MR) is 82.1 cm³/mol. The molecule has 0 radical (unpaired) electrons. The van der Waals surface area contributed by atoms with Crippen molar-refractivity contribution in [3.63, 3.8) is 0 Å². The number of carbonyl (C=O) groups is 1. The zero-order valence-corrected chi connectivity index (χ0v) is 11.8. The summed E-state index contributed by atoms with van der Waals surface area (Å²) in [6.45, 7) is 1.77. The summed E-state index contributed by atoms with van der Waals surface area (Å²) < 4.78 is 1.49.